The van der Waals surface area contributed by atoms with Crippen LogP contribution in [0.15, 0.2) is 0 Å². The van der Waals surface area contributed by atoms with Gasteiger partial charge in [0.15, 0.2) is 0 Å². The Morgan fingerprint density at radius 3 is 1.39 bits per heavy atom. The molecule has 3 nitrogen and oxygen atoms in total. The van der Waals surface area contributed by atoms with E-state index < -0.39 is 0 Å². The first-order chi connectivity index (χ1) is 8.68. The zero-order valence-corrected chi connectivity index (χ0v) is 12.3. The molecule has 0 aromatic carbocycles. The van der Waals surface area contributed by atoms with E-state index in [1.165, 1.54) is 51.6 Å². The Balaban J connectivity index is 1.66. The number of rotatable bonds is 2. The Hall–Kier alpha value is -0.120. The van der Waals surface area contributed by atoms with E-state index in [-0.39, 0.29) is 0 Å². The van der Waals surface area contributed by atoms with E-state index in [0.29, 0.717) is 0 Å². The van der Waals surface area contributed by atoms with Crippen molar-refractivity contribution < 1.29 is 0 Å². The summed E-state index contributed by atoms with van der Waals surface area (Å²) < 4.78 is 0. The van der Waals surface area contributed by atoms with Crippen molar-refractivity contribution in [2.24, 2.45) is 0 Å². The normalized spacial score (nSPS) is 44.2. The van der Waals surface area contributed by atoms with Crippen molar-refractivity contribution in [3.63, 3.8) is 0 Å². The van der Waals surface area contributed by atoms with Crippen LogP contribution in [0.5, 0.6) is 0 Å². The Labute approximate surface area is 112 Å². The van der Waals surface area contributed by atoms with Crippen LogP contribution in [0.4, 0.5) is 0 Å². The molecule has 3 aliphatic rings. The molecular weight excluding hydrogens is 222 g/mol. The number of nitrogens with zero attached hydrogens (tertiary/aromatic N) is 3. The zero-order valence-electron chi connectivity index (χ0n) is 12.3. The van der Waals surface area contributed by atoms with Gasteiger partial charge in [-0.05, 0) is 72.8 Å². The molecule has 3 fully saturated rings. The predicted molar refractivity (Wildman–Crippen MR) is 75.9 cm³/mol. The lowest BCUT2D eigenvalue weighted by atomic mass is 10.0. The summed E-state index contributed by atoms with van der Waals surface area (Å²) >= 11 is 0. The van der Waals surface area contributed by atoms with Crippen molar-refractivity contribution in [2.45, 2.75) is 62.7 Å². The van der Waals surface area contributed by atoms with E-state index in [1.807, 2.05) is 0 Å². The van der Waals surface area contributed by atoms with Gasteiger partial charge in [0.1, 0.15) is 0 Å². The van der Waals surface area contributed by atoms with Gasteiger partial charge in [0.2, 0.25) is 0 Å². The van der Waals surface area contributed by atoms with Gasteiger partial charge in [0.25, 0.3) is 0 Å². The second-order valence-electron chi connectivity index (χ2n) is 6.76. The van der Waals surface area contributed by atoms with Crippen LogP contribution in [0.3, 0.4) is 0 Å². The van der Waals surface area contributed by atoms with Gasteiger partial charge in [0.05, 0.1) is 0 Å². The summed E-state index contributed by atoms with van der Waals surface area (Å²) in [6.45, 7) is 2.62. The van der Waals surface area contributed by atoms with Crippen LogP contribution in [0, 0.1) is 0 Å². The topological polar surface area (TPSA) is 9.72 Å². The molecule has 0 bridgehead atoms. The summed E-state index contributed by atoms with van der Waals surface area (Å²) in [6.07, 6.45) is 8.47. The molecule has 18 heavy (non-hydrogen) atoms. The maximum atomic E-state index is 2.74. The summed E-state index contributed by atoms with van der Waals surface area (Å²) in [6, 6.07) is 3.28. The van der Waals surface area contributed by atoms with E-state index in [1.54, 1.807) is 0 Å². The number of likely N-dealkylation sites (tertiary alicyclic amines) is 3. The molecule has 0 saturated carbocycles. The van der Waals surface area contributed by atoms with Gasteiger partial charge in [-0.25, -0.2) is 0 Å². The fourth-order valence-corrected chi connectivity index (χ4v) is 4.77. The van der Waals surface area contributed by atoms with Crippen LogP contribution in [0.1, 0.15) is 38.5 Å². The minimum atomic E-state index is 0.816. The lowest BCUT2D eigenvalue weighted by molar-refractivity contribution is 0.110. The van der Waals surface area contributed by atoms with Crippen molar-refractivity contribution in [3.8, 4) is 0 Å². The summed E-state index contributed by atoms with van der Waals surface area (Å²) in [4.78, 5) is 7.93. The summed E-state index contributed by atoms with van der Waals surface area (Å²) in [7, 11) is 7.03. The number of hydrogen-bond donors (Lipinski definition) is 0. The maximum absolute atomic E-state index is 2.74. The van der Waals surface area contributed by atoms with Gasteiger partial charge in [-0.15, -0.1) is 0 Å². The molecule has 4 atom stereocenters. The lowest BCUT2D eigenvalue weighted by Crippen LogP contribution is -2.50. The minimum absolute atomic E-state index is 0.816. The van der Waals surface area contributed by atoms with Crippen molar-refractivity contribution >= 4 is 0 Å². The number of hydrogen-bond acceptors (Lipinski definition) is 3. The van der Waals surface area contributed by atoms with Crippen molar-refractivity contribution in [1.29, 1.82) is 0 Å². The molecule has 0 aliphatic carbocycles. The van der Waals surface area contributed by atoms with Crippen LogP contribution in [0.2, 0.25) is 0 Å². The third kappa shape index (κ3) is 2.10. The Morgan fingerprint density at radius 1 is 0.611 bits per heavy atom. The Bertz CT molecular complexity index is 265. The molecule has 3 heterocycles. The second kappa shape index (κ2) is 5.10. The van der Waals surface area contributed by atoms with Gasteiger partial charge >= 0.3 is 0 Å². The highest BCUT2D eigenvalue weighted by molar-refractivity contribution is 5.00. The van der Waals surface area contributed by atoms with E-state index in [0.717, 1.165) is 24.2 Å². The van der Waals surface area contributed by atoms with Crippen LogP contribution in [-0.2, 0) is 0 Å². The molecule has 104 valence electrons. The molecule has 4 unspecified atom stereocenters. The number of likely N-dealkylation sites (N-methyl/N-ethyl adjacent to an activating group) is 3. The van der Waals surface area contributed by atoms with E-state index >= 15 is 0 Å². The van der Waals surface area contributed by atoms with Gasteiger partial charge in [-0.2, -0.15) is 0 Å². The average molecular weight is 251 g/mol. The minimum Gasteiger partial charge on any atom is -0.302 e. The highest BCUT2D eigenvalue weighted by atomic mass is 15.3. The van der Waals surface area contributed by atoms with Crippen molar-refractivity contribution in [1.82, 2.24) is 14.7 Å². The molecule has 3 heteroatoms. The molecule has 0 spiro atoms. The molecule has 0 amide bonds. The Kier molecular flexibility index (Phi) is 3.65. The molecule has 0 aromatic rings. The summed E-state index contributed by atoms with van der Waals surface area (Å²) in [5.74, 6) is 0. The van der Waals surface area contributed by atoms with Crippen LogP contribution >= 0.6 is 0 Å². The molecule has 0 N–H and O–H groups in total. The molecule has 3 aliphatic heterocycles. The van der Waals surface area contributed by atoms with Crippen molar-refractivity contribution in [2.75, 3.05) is 34.2 Å². The quantitative estimate of drug-likeness (QED) is 0.739. The van der Waals surface area contributed by atoms with Gasteiger partial charge in [-0.1, -0.05) is 0 Å². The molecule has 0 aromatic heterocycles. The first kappa shape index (κ1) is 12.9. The molecule has 0 radical (unpaired) electrons. The van der Waals surface area contributed by atoms with E-state index in [9.17, 15) is 0 Å². The Morgan fingerprint density at radius 2 is 1.06 bits per heavy atom. The standard InChI is InChI=1S/C15H29N3/c1-16-10-4-6-12(16)14-8-9-15(18(14)3)13-7-5-11-17(13)2/h12-15H,4-11H2,1-3H3. The van der Waals surface area contributed by atoms with Gasteiger partial charge < -0.3 is 9.80 Å². The highest BCUT2D eigenvalue weighted by Gasteiger charge is 2.43. The predicted octanol–water partition coefficient (Wildman–Crippen LogP) is 1.64. The lowest BCUT2D eigenvalue weighted by Gasteiger charge is -2.37. The van der Waals surface area contributed by atoms with Gasteiger partial charge in [-0.3, -0.25) is 4.90 Å². The van der Waals surface area contributed by atoms with Crippen LogP contribution < -0.4 is 0 Å². The summed E-state index contributed by atoms with van der Waals surface area (Å²) in [5.41, 5.74) is 0. The average Bonchev–Trinajstić information content (AvgIpc) is 3.01. The zero-order chi connectivity index (χ0) is 12.7. The van der Waals surface area contributed by atoms with E-state index in [2.05, 4.69) is 35.8 Å². The first-order valence-corrected chi connectivity index (χ1v) is 7.81. The third-order valence-electron chi connectivity index (χ3n) is 5.85. The van der Waals surface area contributed by atoms with Crippen molar-refractivity contribution in [3.05, 3.63) is 0 Å². The van der Waals surface area contributed by atoms with Crippen LogP contribution in [0.25, 0.3) is 0 Å². The fraction of sp³-hybridized carbons (Fsp3) is 1.00. The molecule has 3 rings (SSSR count). The smallest absolute Gasteiger partial charge is 0.0252 e. The first-order valence-electron chi connectivity index (χ1n) is 7.81. The largest absolute Gasteiger partial charge is 0.302 e. The molecular formula is C15H29N3. The van der Waals surface area contributed by atoms with Crippen LogP contribution in [-0.4, -0.2) is 73.1 Å². The third-order valence-corrected chi connectivity index (χ3v) is 5.85. The fourth-order valence-electron chi connectivity index (χ4n) is 4.77. The van der Waals surface area contributed by atoms with Gasteiger partial charge in [0, 0.05) is 24.2 Å². The van der Waals surface area contributed by atoms with E-state index in [4.69, 9.17) is 0 Å². The SMILES string of the molecule is CN1CCCC1C1CCC(C2CCCN2C)N1C. The highest BCUT2D eigenvalue weighted by Crippen LogP contribution is 2.35. The summed E-state index contributed by atoms with van der Waals surface area (Å²) in [5, 5.41) is 0. The monoisotopic (exact) mass is 251 g/mol. The second-order valence-corrected chi connectivity index (χ2v) is 6.76. The maximum Gasteiger partial charge on any atom is 0.0252 e. The molecule has 3 saturated heterocycles.